The Morgan fingerprint density at radius 3 is 2.44 bits per heavy atom. The topological polar surface area (TPSA) is 85.3 Å². The molecule has 0 saturated carbocycles. The molecule has 1 aliphatic rings. The first kappa shape index (κ1) is 23.3. The van der Waals surface area contributed by atoms with E-state index in [4.69, 9.17) is 14.2 Å². The van der Waals surface area contributed by atoms with Crippen LogP contribution < -0.4 is 9.47 Å². The fraction of sp³-hybridized carbons (Fsp3) is 0.360. The number of likely N-dealkylation sites (tertiary alicyclic amines) is 1. The first-order chi connectivity index (χ1) is 15.4. The van der Waals surface area contributed by atoms with Crippen molar-refractivity contribution in [2.24, 2.45) is 0 Å². The Labute approximate surface area is 188 Å². The van der Waals surface area contributed by atoms with Crippen molar-refractivity contribution >= 4 is 17.4 Å². The number of methoxy groups -OCH3 is 1. The number of hydrogen-bond donors (Lipinski definition) is 1. The average molecular weight is 440 g/mol. The minimum Gasteiger partial charge on any atom is -0.507 e. The molecule has 1 N–H and O–H groups in total. The molecule has 0 aromatic heterocycles. The molecule has 1 unspecified atom stereocenters. The molecule has 0 spiro atoms. The van der Waals surface area contributed by atoms with Gasteiger partial charge in [-0.15, -0.1) is 0 Å². The minimum absolute atomic E-state index is 0.0329. The Kier molecular flexibility index (Phi) is 7.53. The molecular weight excluding hydrogens is 410 g/mol. The molecule has 1 aliphatic heterocycles. The standard InChI is InChI=1S/C25H29NO6/c1-5-31-17-11-12-19(20(15-17)32-6-2)23(27)21-22(18-10-8-7-9-16(18)3)26(13-14-30-4)25(29)24(21)28/h7-12,15,22,27H,5-6,13-14H2,1-4H3/b23-21+. The third-order valence-electron chi connectivity index (χ3n) is 5.38. The van der Waals surface area contributed by atoms with Gasteiger partial charge in [0.05, 0.1) is 37.0 Å². The molecule has 1 fully saturated rings. The van der Waals surface area contributed by atoms with Gasteiger partial charge in [-0.2, -0.15) is 0 Å². The van der Waals surface area contributed by atoms with E-state index in [0.717, 1.165) is 11.1 Å². The summed E-state index contributed by atoms with van der Waals surface area (Å²) in [5.41, 5.74) is 2.04. The number of hydrogen-bond acceptors (Lipinski definition) is 6. The van der Waals surface area contributed by atoms with Gasteiger partial charge in [0, 0.05) is 19.7 Å². The van der Waals surface area contributed by atoms with E-state index in [1.54, 1.807) is 18.2 Å². The Hall–Kier alpha value is -3.32. The molecule has 7 nitrogen and oxygen atoms in total. The first-order valence-corrected chi connectivity index (χ1v) is 10.7. The molecule has 0 radical (unpaired) electrons. The number of ether oxygens (including phenoxy) is 3. The fourth-order valence-electron chi connectivity index (χ4n) is 3.89. The molecule has 1 saturated heterocycles. The maximum Gasteiger partial charge on any atom is 0.295 e. The molecule has 1 amide bonds. The Balaban J connectivity index is 2.21. The van der Waals surface area contributed by atoms with Crippen LogP contribution in [0.3, 0.4) is 0 Å². The Morgan fingerprint density at radius 1 is 1.06 bits per heavy atom. The molecular formula is C25H29NO6. The van der Waals surface area contributed by atoms with Crippen LogP contribution in [0.2, 0.25) is 0 Å². The zero-order valence-corrected chi connectivity index (χ0v) is 18.9. The molecule has 7 heteroatoms. The number of rotatable bonds is 9. The lowest BCUT2D eigenvalue weighted by molar-refractivity contribution is -0.140. The number of carbonyl (C=O) groups is 2. The summed E-state index contributed by atoms with van der Waals surface area (Å²) in [7, 11) is 1.54. The highest BCUT2D eigenvalue weighted by Crippen LogP contribution is 2.42. The van der Waals surface area contributed by atoms with E-state index in [2.05, 4.69) is 0 Å². The van der Waals surface area contributed by atoms with Gasteiger partial charge in [-0.3, -0.25) is 9.59 Å². The van der Waals surface area contributed by atoms with Crippen LogP contribution in [0.4, 0.5) is 0 Å². The van der Waals surface area contributed by atoms with Crippen LogP contribution in [-0.4, -0.2) is 55.2 Å². The summed E-state index contributed by atoms with van der Waals surface area (Å²) in [5, 5.41) is 11.3. The van der Waals surface area contributed by atoms with Crippen molar-refractivity contribution in [1.82, 2.24) is 4.90 Å². The number of aliphatic hydroxyl groups is 1. The van der Waals surface area contributed by atoms with E-state index >= 15 is 0 Å². The summed E-state index contributed by atoms with van der Waals surface area (Å²) in [6.45, 7) is 6.94. The molecule has 2 aromatic carbocycles. The lowest BCUT2D eigenvalue weighted by Crippen LogP contribution is -2.32. The van der Waals surface area contributed by atoms with Gasteiger partial charge in [-0.05, 0) is 44.0 Å². The highest BCUT2D eigenvalue weighted by atomic mass is 16.5. The lowest BCUT2D eigenvalue weighted by Gasteiger charge is -2.26. The molecule has 2 aromatic rings. The maximum absolute atomic E-state index is 13.1. The first-order valence-electron chi connectivity index (χ1n) is 10.7. The van der Waals surface area contributed by atoms with Gasteiger partial charge in [-0.1, -0.05) is 24.3 Å². The van der Waals surface area contributed by atoms with Crippen LogP contribution in [0, 0.1) is 6.92 Å². The third-order valence-corrected chi connectivity index (χ3v) is 5.38. The molecule has 3 rings (SSSR count). The zero-order valence-electron chi connectivity index (χ0n) is 18.9. The largest absolute Gasteiger partial charge is 0.507 e. The second-order valence-electron chi connectivity index (χ2n) is 7.37. The van der Waals surface area contributed by atoms with Crippen LogP contribution in [0.15, 0.2) is 48.0 Å². The highest BCUT2D eigenvalue weighted by molar-refractivity contribution is 6.46. The van der Waals surface area contributed by atoms with E-state index in [1.807, 2.05) is 45.0 Å². The highest BCUT2D eigenvalue weighted by Gasteiger charge is 2.46. The fourth-order valence-corrected chi connectivity index (χ4v) is 3.89. The average Bonchev–Trinajstić information content (AvgIpc) is 3.03. The van der Waals surface area contributed by atoms with Gasteiger partial charge in [0.1, 0.15) is 17.3 Å². The second kappa shape index (κ2) is 10.3. The van der Waals surface area contributed by atoms with Gasteiger partial charge in [0.15, 0.2) is 0 Å². The van der Waals surface area contributed by atoms with E-state index in [0.29, 0.717) is 30.3 Å². The lowest BCUT2D eigenvalue weighted by atomic mass is 9.92. The SMILES string of the molecule is CCOc1ccc(/C(O)=C2\C(=O)C(=O)N(CCOC)C2c2ccccc2C)c(OCC)c1. The van der Waals surface area contributed by atoms with Crippen molar-refractivity contribution in [2.75, 3.05) is 33.5 Å². The molecule has 1 heterocycles. The summed E-state index contributed by atoms with van der Waals surface area (Å²) in [6, 6.07) is 11.8. The zero-order chi connectivity index (χ0) is 23.3. The van der Waals surface area contributed by atoms with Crippen molar-refractivity contribution < 1.29 is 28.9 Å². The summed E-state index contributed by atoms with van der Waals surface area (Å²) in [5.74, 6) is -0.710. The van der Waals surface area contributed by atoms with Crippen molar-refractivity contribution in [3.63, 3.8) is 0 Å². The maximum atomic E-state index is 13.1. The quantitative estimate of drug-likeness (QED) is 0.363. The smallest absolute Gasteiger partial charge is 0.295 e. The van der Waals surface area contributed by atoms with Gasteiger partial charge >= 0.3 is 0 Å². The third kappa shape index (κ3) is 4.48. The molecule has 32 heavy (non-hydrogen) atoms. The number of benzene rings is 2. The number of nitrogens with zero attached hydrogens (tertiary/aromatic N) is 1. The van der Waals surface area contributed by atoms with Gasteiger partial charge < -0.3 is 24.2 Å². The van der Waals surface area contributed by atoms with E-state index in [-0.39, 0.29) is 24.5 Å². The molecule has 0 bridgehead atoms. The van der Waals surface area contributed by atoms with Crippen molar-refractivity contribution in [3.8, 4) is 11.5 Å². The number of aliphatic hydroxyl groups excluding tert-OH is 1. The van der Waals surface area contributed by atoms with Crippen LogP contribution in [0.5, 0.6) is 11.5 Å². The second-order valence-corrected chi connectivity index (χ2v) is 7.37. The van der Waals surface area contributed by atoms with Crippen molar-refractivity contribution in [2.45, 2.75) is 26.8 Å². The molecule has 1 atom stereocenters. The van der Waals surface area contributed by atoms with Crippen LogP contribution in [-0.2, 0) is 14.3 Å². The summed E-state index contributed by atoms with van der Waals surface area (Å²) in [4.78, 5) is 27.5. The minimum atomic E-state index is -0.733. The molecule has 170 valence electrons. The van der Waals surface area contributed by atoms with E-state index in [1.165, 1.54) is 12.0 Å². The summed E-state index contributed by atoms with van der Waals surface area (Å²) in [6.07, 6.45) is 0. The van der Waals surface area contributed by atoms with Crippen molar-refractivity contribution in [3.05, 3.63) is 64.7 Å². The summed E-state index contributed by atoms with van der Waals surface area (Å²) >= 11 is 0. The van der Waals surface area contributed by atoms with Crippen LogP contribution in [0.1, 0.15) is 36.6 Å². The monoisotopic (exact) mass is 439 g/mol. The Bertz CT molecular complexity index is 1030. The van der Waals surface area contributed by atoms with E-state index in [9.17, 15) is 14.7 Å². The van der Waals surface area contributed by atoms with Gasteiger partial charge in [0.25, 0.3) is 11.7 Å². The predicted octanol–water partition coefficient (Wildman–Crippen LogP) is 3.86. The van der Waals surface area contributed by atoms with Crippen LogP contribution in [0.25, 0.3) is 5.76 Å². The number of carbonyl (C=O) groups excluding carboxylic acids is 2. The number of aryl methyl sites for hydroxylation is 1. The number of amides is 1. The number of ketones is 1. The van der Waals surface area contributed by atoms with Gasteiger partial charge in [0.2, 0.25) is 0 Å². The predicted molar refractivity (Wildman–Crippen MR) is 121 cm³/mol. The Morgan fingerprint density at radius 2 is 1.78 bits per heavy atom. The van der Waals surface area contributed by atoms with Crippen LogP contribution >= 0.6 is 0 Å². The molecule has 0 aliphatic carbocycles. The number of Topliss-reactive ketones (excluding diaryl/α,β-unsaturated/α-hetero) is 1. The van der Waals surface area contributed by atoms with Gasteiger partial charge in [-0.25, -0.2) is 0 Å². The van der Waals surface area contributed by atoms with Crippen molar-refractivity contribution in [1.29, 1.82) is 0 Å². The van der Waals surface area contributed by atoms with E-state index < -0.39 is 17.7 Å². The normalized spacial score (nSPS) is 17.6. The summed E-state index contributed by atoms with van der Waals surface area (Å²) < 4.78 is 16.4.